The van der Waals surface area contributed by atoms with E-state index in [0.717, 1.165) is 18.4 Å². The van der Waals surface area contributed by atoms with E-state index in [2.05, 4.69) is 15.5 Å². The summed E-state index contributed by atoms with van der Waals surface area (Å²) < 4.78 is 0. The lowest BCUT2D eigenvalue weighted by Gasteiger charge is -2.22. The fourth-order valence-corrected chi connectivity index (χ4v) is 2.00. The summed E-state index contributed by atoms with van der Waals surface area (Å²) in [5.41, 5.74) is 0.902. The van der Waals surface area contributed by atoms with Gasteiger partial charge in [-0.05, 0) is 18.8 Å². The number of carboxylic acids is 1. The van der Waals surface area contributed by atoms with E-state index in [0.29, 0.717) is 12.5 Å². The maximum absolute atomic E-state index is 12.0. The molecule has 19 heavy (non-hydrogen) atoms. The normalized spacial score (nSPS) is 15.8. The number of nitrogens with zero attached hydrogens (tertiary/aromatic N) is 2. The van der Waals surface area contributed by atoms with Gasteiger partial charge in [0.15, 0.2) is 0 Å². The summed E-state index contributed by atoms with van der Waals surface area (Å²) in [5.74, 6) is -0.572. The molecule has 1 heterocycles. The van der Waals surface area contributed by atoms with E-state index in [1.165, 1.54) is 4.90 Å². The summed E-state index contributed by atoms with van der Waals surface area (Å²) in [4.78, 5) is 24.3. The topological polar surface area (TPSA) is 98.3 Å². The fourth-order valence-electron chi connectivity index (χ4n) is 2.00. The van der Waals surface area contributed by atoms with Crippen molar-refractivity contribution < 1.29 is 14.7 Å². The second-order valence-corrected chi connectivity index (χ2v) is 4.95. The van der Waals surface area contributed by atoms with Crippen molar-refractivity contribution in [3.8, 4) is 0 Å². The molecule has 0 aromatic carbocycles. The van der Waals surface area contributed by atoms with Crippen molar-refractivity contribution in [1.82, 2.24) is 20.4 Å². The average molecular weight is 266 g/mol. The number of carbonyl (C=O) groups excluding carboxylic acids is 1. The molecule has 0 radical (unpaired) electrons. The summed E-state index contributed by atoms with van der Waals surface area (Å²) in [7, 11) is 1.67. The SMILES string of the molecule is CN(Cc1cn[nH]c1)C(=O)NC(CC(=O)O)C1CC1. The minimum Gasteiger partial charge on any atom is -0.481 e. The number of carbonyl (C=O) groups is 2. The monoisotopic (exact) mass is 266 g/mol. The van der Waals surface area contributed by atoms with Crippen LogP contribution < -0.4 is 5.32 Å². The number of urea groups is 1. The molecule has 1 aromatic rings. The number of hydrogen-bond acceptors (Lipinski definition) is 3. The van der Waals surface area contributed by atoms with Crippen molar-refractivity contribution in [1.29, 1.82) is 0 Å². The molecule has 1 saturated carbocycles. The van der Waals surface area contributed by atoms with Crippen LogP contribution in [0.5, 0.6) is 0 Å². The number of nitrogens with one attached hydrogen (secondary N) is 2. The first-order valence-corrected chi connectivity index (χ1v) is 6.27. The molecule has 7 heteroatoms. The zero-order valence-corrected chi connectivity index (χ0v) is 10.8. The Labute approximate surface area is 111 Å². The molecule has 1 atom stereocenters. The summed E-state index contributed by atoms with van der Waals surface area (Å²) in [6.45, 7) is 0.437. The second-order valence-electron chi connectivity index (χ2n) is 4.95. The molecule has 1 unspecified atom stereocenters. The highest BCUT2D eigenvalue weighted by Crippen LogP contribution is 2.34. The van der Waals surface area contributed by atoms with Crippen LogP contribution in [0.2, 0.25) is 0 Å². The highest BCUT2D eigenvalue weighted by Gasteiger charge is 2.34. The van der Waals surface area contributed by atoms with Crippen LogP contribution in [0.25, 0.3) is 0 Å². The van der Waals surface area contributed by atoms with Gasteiger partial charge in [-0.1, -0.05) is 0 Å². The van der Waals surface area contributed by atoms with Gasteiger partial charge in [0.05, 0.1) is 19.2 Å². The van der Waals surface area contributed by atoms with Crippen LogP contribution in [0.3, 0.4) is 0 Å². The molecule has 1 aliphatic carbocycles. The van der Waals surface area contributed by atoms with Crippen LogP contribution in [0, 0.1) is 5.92 Å². The molecule has 0 aliphatic heterocycles. The minimum absolute atomic E-state index is 0.0179. The molecule has 1 aliphatic rings. The standard InChI is InChI=1S/C12H18N4O3/c1-16(7-8-5-13-14-6-8)12(19)15-10(4-11(17)18)9-2-3-9/h5-6,9-10H,2-4,7H2,1H3,(H,13,14)(H,15,19)(H,17,18). The van der Waals surface area contributed by atoms with Gasteiger partial charge in [-0.3, -0.25) is 9.89 Å². The highest BCUT2D eigenvalue weighted by atomic mass is 16.4. The van der Waals surface area contributed by atoms with Crippen LogP contribution in [0.15, 0.2) is 12.4 Å². The number of aromatic amines is 1. The number of carboxylic acid groups (broad SMARTS) is 1. The molecule has 0 bridgehead atoms. The van der Waals surface area contributed by atoms with Gasteiger partial charge >= 0.3 is 12.0 Å². The number of aliphatic carboxylic acids is 1. The van der Waals surface area contributed by atoms with Crippen LogP contribution in [-0.4, -0.2) is 45.3 Å². The zero-order chi connectivity index (χ0) is 13.8. The first-order valence-electron chi connectivity index (χ1n) is 6.27. The van der Waals surface area contributed by atoms with Crippen LogP contribution in [0.4, 0.5) is 4.79 Å². The maximum atomic E-state index is 12.0. The van der Waals surface area contributed by atoms with Gasteiger partial charge < -0.3 is 15.3 Å². The second kappa shape index (κ2) is 5.73. The Hall–Kier alpha value is -2.05. The quantitative estimate of drug-likeness (QED) is 0.709. The Bertz CT molecular complexity index is 442. The van der Waals surface area contributed by atoms with Crippen LogP contribution in [-0.2, 0) is 11.3 Å². The van der Waals surface area contributed by atoms with Crippen LogP contribution >= 0.6 is 0 Å². The van der Waals surface area contributed by atoms with Gasteiger partial charge in [-0.25, -0.2) is 4.79 Å². The van der Waals surface area contributed by atoms with E-state index in [9.17, 15) is 9.59 Å². The van der Waals surface area contributed by atoms with Gasteiger partial charge in [0.2, 0.25) is 0 Å². The van der Waals surface area contributed by atoms with Crippen molar-refractivity contribution in [2.45, 2.75) is 31.8 Å². The molecule has 0 saturated heterocycles. The Morgan fingerprint density at radius 3 is 2.89 bits per heavy atom. The molecule has 2 amide bonds. The predicted octanol–water partition coefficient (Wildman–Crippen LogP) is 0.804. The molecule has 1 fully saturated rings. The number of amides is 2. The fraction of sp³-hybridized carbons (Fsp3) is 0.583. The summed E-state index contributed by atoms with van der Waals surface area (Å²) in [5, 5.41) is 18.1. The third-order valence-corrected chi connectivity index (χ3v) is 3.22. The van der Waals surface area contributed by atoms with Gasteiger partial charge in [0, 0.05) is 24.8 Å². The third kappa shape index (κ3) is 3.97. The smallest absolute Gasteiger partial charge is 0.317 e. The van der Waals surface area contributed by atoms with Gasteiger partial charge in [-0.2, -0.15) is 5.10 Å². The van der Waals surface area contributed by atoms with Gasteiger partial charge in [0.1, 0.15) is 0 Å². The van der Waals surface area contributed by atoms with Crippen molar-refractivity contribution in [2.24, 2.45) is 5.92 Å². The van der Waals surface area contributed by atoms with E-state index in [1.807, 2.05) is 0 Å². The molecule has 0 spiro atoms. The van der Waals surface area contributed by atoms with Gasteiger partial charge in [0.25, 0.3) is 0 Å². The van der Waals surface area contributed by atoms with E-state index < -0.39 is 5.97 Å². The lowest BCUT2D eigenvalue weighted by molar-refractivity contribution is -0.137. The number of rotatable bonds is 6. The van der Waals surface area contributed by atoms with Crippen molar-refractivity contribution in [2.75, 3.05) is 7.05 Å². The number of H-pyrrole nitrogens is 1. The van der Waals surface area contributed by atoms with E-state index in [4.69, 9.17) is 5.11 Å². The lowest BCUT2D eigenvalue weighted by Crippen LogP contribution is -2.44. The zero-order valence-electron chi connectivity index (χ0n) is 10.8. The minimum atomic E-state index is -0.880. The van der Waals surface area contributed by atoms with Crippen molar-refractivity contribution in [3.63, 3.8) is 0 Å². The van der Waals surface area contributed by atoms with Gasteiger partial charge in [-0.15, -0.1) is 0 Å². The molecule has 2 rings (SSSR count). The molecule has 1 aromatic heterocycles. The molecule has 3 N–H and O–H groups in total. The third-order valence-electron chi connectivity index (χ3n) is 3.22. The Kier molecular flexibility index (Phi) is 4.03. The maximum Gasteiger partial charge on any atom is 0.317 e. The van der Waals surface area contributed by atoms with E-state index >= 15 is 0 Å². The lowest BCUT2D eigenvalue weighted by atomic mass is 10.1. The Morgan fingerprint density at radius 1 is 1.63 bits per heavy atom. The summed E-state index contributed by atoms with van der Waals surface area (Å²) in [6.07, 6.45) is 5.34. The molecular formula is C12H18N4O3. The Balaban J connectivity index is 1.85. The Morgan fingerprint density at radius 2 is 2.37 bits per heavy atom. The molecule has 7 nitrogen and oxygen atoms in total. The summed E-state index contributed by atoms with van der Waals surface area (Å²) >= 11 is 0. The van der Waals surface area contributed by atoms with E-state index in [1.54, 1.807) is 19.4 Å². The number of hydrogen-bond donors (Lipinski definition) is 3. The van der Waals surface area contributed by atoms with Crippen molar-refractivity contribution >= 4 is 12.0 Å². The predicted molar refractivity (Wildman–Crippen MR) is 67.4 cm³/mol. The highest BCUT2D eigenvalue weighted by molar-refractivity contribution is 5.75. The van der Waals surface area contributed by atoms with Crippen molar-refractivity contribution in [3.05, 3.63) is 18.0 Å². The first-order chi connectivity index (χ1) is 9.06. The largest absolute Gasteiger partial charge is 0.481 e. The average Bonchev–Trinajstić information content (AvgIpc) is 3.07. The van der Waals surface area contributed by atoms with Crippen LogP contribution in [0.1, 0.15) is 24.8 Å². The number of aromatic nitrogens is 2. The molecule has 104 valence electrons. The summed E-state index contributed by atoms with van der Waals surface area (Å²) in [6, 6.07) is -0.517. The van der Waals surface area contributed by atoms with E-state index in [-0.39, 0.29) is 18.5 Å². The first kappa shape index (κ1) is 13.4. The molecular weight excluding hydrogens is 248 g/mol.